The number of nitrogens with zero attached hydrogens (tertiary/aromatic N) is 2. The van der Waals surface area contributed by atoms with Crippen LogP contribution in [0.2, 0.25) is 0 Å². The molecule has 2 aliphatic rings. The minimum Gasteiger partial charge on any atom is -0.480 e. The number of nitrogens with two attached hydrogens (primary N) is 1. The summed E-state index contributed by atoms with van der Waals surface area (Å²) in [5.74, 6) is -1.10. The van der Waals surface area contributed by atoms with E-state index in [0.717, 1.165) is 10.8 Å². The molecule has 0 bridgehead atoms. The first kappa shape index (κ1) is 21.7. The molecule has 1 saturated carbocycles. The molecule has 1 aromatic rings. The van der Waals surface area contributed by atoms with Crippen LogP contribution in [0.3, 0.4) is 0 Å². The highest BCUT2D eigenvalue weighted by atomic mass is 16.4. The number of nitrogens with one attached hydrogen (secondary N) is 1. The number of pyridine rings is 1. The summed E-state index contributed by atoms with van der Waals surface area (Å²) in [6.07, 6.45) is 10.6. The van der Waals surface area contributed by atoms with Gasteiger partial charge in [-0.1, -0.05) is 45.4 Å². The molecule has 28 heavy (non-hydrogen) atoms. The van der Waals surface area contributed by atoms with Crippen LogP contribution in [0.15, 0.2) is 18.3 Å². The minimum absolute atomic E-state index is 0.204. The van der Waals surface area contributed by atoms with Crippen LogP contribution in [0.5, 0.6) is 0 Å². The number of anilines is 1. The van der Waals surface area contributed by atoms with Gasteiger partial charge < -0.3 is 16.2 Å². The van der Waals surface area contributed by atoms with Gasteiger partial charge in [0, 0.05) is 13.2 Å². The fourth-order valence-electron chi connectivity index (χ4n) is 3.85. The van der Waals surface area contributed by atoms with E-state index in [1.165, 1.54) is 51.8 Å². The van der Waals surface area contributed by atoms with Gasteiger partial charge in [0.2, 0.25) is 5.91 Å². The van der Waals surface area contributed by atoms with Gasteiger partial charge in [0.15, 0.2) is 6.04 Å². The van der Waals surface area contributed by atoms with Crippen molar-refractivity contribution in [3.05, 3.63) is 23.9 Å². The van der Waals surface area contributed by atoms with Gasteiger partial charge in [-0.15, -0.1) is 0 Å². The van der Waals surface area contributed by atoms with Gasteiger partial charge in [-0.2, -0.15) is 0 Å². The normalized spacial score (nSPS) is 21.9. The average Bonchev–Trinajstić information content (AvgIpc) is 2.70. The first-order valence-corrected chi connectivity index (χ1v) is 9.87. The van der Waals surface area contributed by atoms with E-state index in [0.29, 0.717) is 11.4 Å². The summed E-state index contributed by atoms with van der Waals surface area (Å²) in [6.45, 7) is 2.32. The van der Waals surface area contributed by atoms with E-state index in [-0.39, 0.29) is 6.42 Å². The maximum absolute atomic E-state index is 11.9. The Morgan fingerprint density at radius 3 is 2.50 bits per heavy atom. The number of likely N-dealkylation sites (tertiary alicyclic amines) is 1. The highest BCUT2D eigenvalue weighted by molar-refractivity contribution is 6.07. The number of hydrogen-bond donors (Lipinski definition) is 3. The van der Waals surface area contributed by atoms with Crippen LogP contribution in [0.25, 0.3) is 0 Å². The van der Waals surface area contributed by atoms with Crippen LogP contribution in [0, 0.1) is 11.8 Å². The molecule has 1 saturated heterocycles. The van der Waals surface area contributed by atoms with Crippen molar-refractivity contribution in [1.29, 1.82) is 0 Å². The summed E-state index contributed by atoms with van der Waals surface area (Å²) < 4.78 is 0. The predicted octanol–water partition coefficient (Wildman–Crippen LogP) is 2.43. The van der Waals surface area contributed by atoms with E-state index in [1.54, 1.807) is 12.1 Å². The molecule has 3 rings (SSSR count). The number of hydrogen-bond acceptors (Lipinski definition) is 5. The number of imide groups is 1. The molecule has 0 spiro atoms. The van der Waals surface area contributed by atoms with E-state index < -0.39 is 29.9 Å². The monoisotopic (exact) mass is 390 g/mol. The Hall–Kier alpha value is -2.64. The van der Waals surface area contributed by atoms with Crippen LogP contribution < -0.4 is 11.1 Å². The summed E-state index contributed by atoms with van der Waals surface area (Å²) in [5, 5.41) is 11.4. The number of aliphatic carboxylic acids is 1. The molecule has 3 amide bonds. The van der Waals surface area contributed by atoms with Crippen LogP contribution >= 0.6 is 0 Å². The first-order valence-electron chi connectivity index (χ1n) is 9.87. The number of nitrogen functional groups attached to an aromatic ring is 1. The molecule has 154 valence electrons. The van der Waals surface area contributed by atoms with Crippen LogP contribution in [-0.2, 0) is 16.0 Å². The van der Waals surface area contributed by atoms with E-state index in [1.807, 2.05) is 0 Å². The molecule has 1 aromatic heterocycles. The zero-order valence-corrected chi connectivity index (χ0v) is 16.6. The third kappa shape index (κ3) is 5.21. The van der Waals surface area contributed by atoms with Crippen molar-refractivity contribution in [3.8, 4) is 0 Å². The van der Waals surface area contributed by atoms with Gasteiger partial charge >= 0.3 is 12.0 Å². The molecule has 1 aliphatic heterocycles. The fraction of sp³-hybridized carbons (Fsp3) is 0.600. The Morgan fingerprint density at radius 2 is 2.00 bits per heavy atom. The minimum atomic E-state index is -1.21. The van der Waals surface area contributed by atoms with Gasteiger partial charge in [-0.05, 0) is 30.0 Å². The highest BCUT2D eigenvalue weighted by Crippen LogP contribution is 2.30. The third-order valence-corrected chi connectivity index (χ3v) is 5.50. The van der Waals surface area contributed by atoms with E-state index in [9.17, 15) is 14.4 Å². The molecule has 0 aromatic carbocycles. The molecule has 8 heteroatoms. The molecule has 1 unspecified atom stereocenters. The molecule has 4 N–H and O–H groups in total. The average molecular weight is 390 g/mol. The van der Waals surface area contributed by atoms with Gasteiger partial charge in [-0.3, -0.25) is 4.79 Å². The number of aromatic nitrogens is 1. The molecular formula is C20H30N4O4. The second kappa shape index (κ2) is 10.1. The predicted molar refractivity (Wildman–Crippen MR) is 105 cm³/mol. The molecular weight excluding hydrogens is 360 g/mol. The zero-order valence-electron chi connectivity index (χ0n) is 16.6. The summed E-state index contributed by atoms with van der Waals surface area (Å²) in [5.41, 5.74) is 6.24. The largest absolute Gasteiger partial charge is 0.480 e. The maximum Gasteiger partial charge on any atom is 0.327 e. The number of urea groups is 1. The number of carboxylic acid groups (broad SMARTS) is 1. The van der Waals surface area contributed by atoms with Gasteiger partial charge in [0.25, 0.3) is 0 Å². The quantitative estimate of drug-likeness (QED) is 0.678. The maximum atomic E-state index is 11.9. The molecule has 2 heterocycles. The van der Waals surface area contributed by atoms with Gasteiger partial charge in [-0.25, -0.2) is 19.5 Å². The van der Waals surface area contributed by atoms with E-state index >= 15 is 0 Å². The zero-order chi connectivity index (χ0) is 20.7. The molecule has 2 atom stereocenters. The standard InChI is InChI=1S/C12H14N4O4.C8H16/c1-14-12(20)16-9(11(18)19)7(10(16)17)4-6-2-3-15-8(13)5-6;1-2-8-6-4-3-5-7-8/h2-3,5,7,9H,4H2,1H3,(H2,13,15)(H,14,20)(H,18,19);8H,2-7H2,1H3/t7-,9?;/m1./s1. The van der Waals surface area contributed by atoms with Crippen LogP contribution in [0.1, 0.15) is 51.0 Å². The molecule has 0 radical (unpaired) electrons. The van der Waals surface area contributed by atoms with Crippen molar-refractivity contribution in [3.63, 3.8) is 0 Å². The lowest BCUT2D eigenvalue weighted by Crippen LogP contribution is -2.68. The van der Waals surface area contributed by atoms with Crippen LogP contribution in [-0.4, -0.2) is 46.0 Å². The van der Waals surface area contributed by atoms with Gasteiger partial charge in [0.1, 0.15) is 5.82 Å². The van der Waals surface area contributed by atoms with Crippen molar-refractivity contribution in [1.82, 2.24) is 15.2 Å². The SMILES string of the molecule is CCC1CCCCC1.CNC(=O)N1C(=O)[C@H](Cc2ccnc(N)c2)C1C(=O)O. The van der Waals surface area contributed by atoms with Gasteiger partial charge in [0.05, 0.1) is 5.92 Å². The van der Waals surface area contributed by atoms with Crippen molar-refractivity contribution < 1.29 is 19.5 Å². The Balaban J connectivity index is 0.000000292. The van der Waals surface area contributed by atoms with Crippen molar-refractivity contribution in [2.24, 2.45) is 11.8 Å². The lowest BCUT2D eigenvalue weighted by molar-refractivity contribution is -0.165. The van der Waals surface area contributed by atoms with Crippen LogP contribution in [0.4, 0.5) is 10.6 Å². The Bertz CT molecular complexity index is 703. The Labute approximate surface area is 165 Å². The molecule has 1 aliphatic carbocycles. The lowest BCUT2D eigenvalue weighted by atomic mass is 9.82. The second-order valence-electron chi connectivity index (χ2n) is 7.36. The number of carbonyl (C=O) groups excluding carboxylic acids is 2. The fourth-order valence-corrected chi connectivity index (χ4v) is 3.85. The van der Waals surface area contributed by atoms with E-state index in [2.05, 4.69) is 17.2 Å². The smallest absolute Gasteiger partial charge is 0.327 e. The number of rotatable bonds is 4. The van der Waals surface area contributed by atoms with Crippen molar-refractivity contribution in [2.75, 3.05) is 12.8 Å². The topological polar surface area (TPSA) is 126 Å². The number of carbonyl (C=O) groups is 3. The number of β-lactam (4-membered cyclic amide) rings is 1. The first-order chi connectivity index (χ1) is 13.4. The summed E-state index contributed by atoms with van der Waals surface area (Å²) in [6, 6.07) is 1.37. The van der Waals surface area contributed by atoms with E-state index in [4.69, 9.17) is 10.8 Å². The summed E-state index contributed by atoms with van der Waals surface area (Å²) >= 11 is 0. The summed E-state index contributed by atoms with van der Waals surface area (Å²) in [4.78, 5) is 39.2. The highest BCUT2D eigenvalue weighted by Gasteiger charge is 2.54. The number of carboxylic acids is 1. The van der Waals surface area contributed by atoms with Crippen molar-refractivity contribution >= 4 is 23.7 Å². The van der Waals surface area contributed by atoms with Crippen molar-refractivity contribution in [2.45, 2.75) is 57.9 Å². The molecule has 2 fully saturated rings. The molecule has 8 nitrogen and oxygen atoms in total. The Morgan fingerprint density at radius 1 is 1.32 bits per heavy atom. The third-order valence-electron chi connectivity index (χ3n) is 5.50. The lowest BCUT2D eigenvalue weighted by Gasteiger charge is -2.42. The summed E-state index contributed by atoms with van der Waals surface area (Å²) in [7, 11) is 1.34. The second-order valence-corrected chi connectivity index (χ2v) is 7.36. The number of amides is 3. The Kier molecular flexibility index (Phi) is 7.78.